The van der Waals surface area contributed by atoms with Crippen molar-refractivity contribution in [1.29, 1.82) is 0 Å². The van der Waals surface area contributed by atoms with Gasteiger partial charge in [0.25, 0.3) is 0 Å². The highest BCUT2D eigenvalue weighted by Crippen LogP contribution is 2.34. The first kappa shape index (κ1) is 12.2. The average molecular weight is 245 g/mol. The number of nitrogens with two attached hydrogens (primary N) is 1. The molecule has 1 nitrogen and oxygen atoms in total. The summed E-state index contributed by atoms with van der Waals surface area (Å²) < 4.78 is 0. The summed E-state index contributed by atoms with van der Waals surface area (Å²) in [5, 5.41) is 0.935. The number of hydrogen-bond acceptors (Lipinski definition) is 2. The molecule has 2 heteroatoms. The van der Waals surface area contributed by atoms with Crippen LogP contribution in [-0.4, -0.2) is 0 Å². The van der Waals surface area contributed by atoms with Crippen LogP contribution in [0.15, 0.2) is 30.3 Å². The fourth-order valence-electron chi connectivity index (χ4n) is 2.00. The molecule has 1 heterocycles. The Balaban J connectivity index is 2.29. The van der Waals surface area contributed by atoms with Gasteiger partial charge in [0, 0.05) is 10.4 Å². The Kier molecular flexibility index (Phi) is 3.85. The maximum atomic E-state index is 6.06. The van der Waals surface area contributed by atoms with Gasteiger partial charge in [-0.15, -0.1) is 11.3 Å². The maximum absolute atomic E-state index is 6.06. The van der Waals surface area contributed by atoms with E-state index in [0.29, 0.717) is 0 Å². The molecule has 2 N–H and O–H groups in total. The second-order valence-corrected chi connectivity index (χ2v) is 5.46. The molecule has 0 radical (unpaired) electrons. The predicted molar refractivity (Wildman–Crippen MR) is 77.5 cm³/mol. The van der Waals surface area contributed by atoms with E-state index in [1.165, 1.54) is 28.0 Å². The van der Waals surface area contributed by atoms with Gasteiger partial charge in [0.1, 0.15) is 0 Å². The molecule has 1 aromatic carbocycles. The Morgan fingerprint density at radius 1 is 1.12 bits per heavy atom. The lowest BCUT2D eigenvalue weighted by Gasteiger charge is -2.02. The van der Waals surface area contributed by atoms with Gasteiger partial charge in [0.15, 0.2) is 0 Å². The third-order valence-electron chi connectivity index (χ3n) is 2.96. The van der Waals surface area contributed by atoms with Crippen molar-refractivity contribution in [2.75, 3.05) is 5.73 Å². The Hall–Kier alpha value is -1.28. The number of nitrogen functional groups attached to an aromatic ring is 1. The third kappa shape index (κ3) is 2.70. The van der Waals surface area contributed by atoms with Crippen LogP contribution in [0.3, 0.4) is 0 Å². The normalized spacial score (nSPS) is 10.7. The van der Waals surface area contributed by atoms with Crippen LogP contribution >= 0.6 is 11.3 Å². The van der Waals surface area contributed by atoms with Gasteiger partial charge in [-0.1, -0.05) is 44.5 Å². The molecule has 2 rings (SSSR count). The zero-order valence-corrected chi connectivity index (χ0v) is 11.3. The first-order chi connectivity index (χ1) is 8.24. The fraction of sp³-hybridized carbons (Fsp3) is 0.333. The monoisotopic (exact) mass is 245 g/mol. The first-order valence-corrected chi connectivity index (χ1v) is 7.03. The highest BCUT2D eigenvalue weighted by Gasteiger charge is 2.07. The zero-order valence-electron chi connectivity index (χ0n) is 10.5. The second-order valence-electron chi connectivity index (χ2n) is 4.29. The number of aryl methyl sites for hydroxylation is 2. The Morgan fingerprint density at radius 3 is 2.35 bits per heavy atom. The van der Waals surface area contributed by atoms with Crippen molar-refractivity contribution < 1.29 is 0 Å². The minimum absolute atomic E-state index is 0.935. The molecule has 0 aliphatic heterocycles. The summed E-state index contributed by atoms with van der Waals surface area (Å²) in [7, 11) is 0. The van der Waals surface area contributed by atoms with E-state index in [1.54, 1.807) is 11.3 Å². The molecule has 0 spiro atoms. The van der Waals surface area contributed by atoms with E-state index in [4.69, 9.17) is 5.73 Å². The molecule has 0 saturated heterocycles. The van der Waals surface area contributed by atoms with Crippen LogP contribution in [0.5, 0.6) is 0 Å². The molecular formula is C15H19NS. The number of hydrogen-bond donors (Lipinski definition) is 1. The van der Waals surface area contributed by atoms with Crippen LogP contribution in [0.1, 0.15) is 30.7 Å². The van der Waals surface area contributed by atoms with Crippen LogP contribution in [0.25, 0.3) is 11.1 Å². The smallest absolute Gasteiger partial charge is 0.0938 e. The minimum atomic E-state index is 0.935. The number of benzene rings is 1. The lowest BCUT2D eigenvalue weighted by molar-refractivity contribution is 0.922. The van der Waals surface area contributed by atoms with Crippen molar-refractivity contribution in [3.8, 4) is 11.1 Å². The van der Waals surface area contributed by atoms with E-state index in [1.807, 2.05) is 0 Å². The summed E-state index contributed by atoms with van der Waals surface area (Å²) in [6, 6.07) is 11.0. The Morgan fingerprint density at radius 2 is 1.82 bits per heavy atom. The van der Waals surface area contributed by atoms with Gasteiger partial charge < -0.3 is 5.73 Å². The molecule has 0 bridgehead atoms. The van der Waals surface area contributed by atoms with Crippen LogP contribution in [0.2, 0.25) is 0 Å². The molecule has 90 valence electrons. The van der Waals surface area contributed by atoms with Gasteiger partial charge in [-0.25, -0.2) is 0 Å². The first-order valence-electron chi connectivity index (χ1n) is 6.22. The van der Waals surface area contributed by atoms with Crippen molar-refractivity contribution in [3.05, 3.63) is 40.8 Å². The molecule has 0 fully saturated rings. The summed E-state index contributed by atoms with van der Waals surface area (Å²) in [5.74, 6) is 0. The SMILES string of the molecule is CCCc1ccc(-c2cc(CC)sc2N)cc1. The number of anilines is 1. The highest BCUT2D eigenvalue weighted by atomic mass is 32.1. The minimum Gasteiger partial charge on any atom is -0.390 e. The average Bonchev–Trinajstić information content (AvgIpc) is 2.72. The van der Waals surface area contributed by atoms with E-state index in [0.717, 1.165) is 17.8 Å². The lowest BCUT2D eigenvalue weighted by Crippen LogP contribution is -1.85. The van der Waals surface area contributed by atoms with Crippen molar-refractivity contribution in [3.63, 3.8) is 0 Å². The molecule has 17 heavy (non-hydrogen) atoms. The third-order valence-corrected chi connectivity index (χ3v) is 4.07. The molecule has 0 aliphatic carbocycles. The quantitative estimate of drug-likeness (QED) is 0.842. The van der Waals surface area contributed by atoms with E-state index in [9.17, 15) is 0 Å². The van der Waals surface area contributed by atoms with Gasteiger partial charge in [0.05, 0.1) is 5.00 Å². The van der Waals surface area contributed by atoms with Gasteiger partial charge in [0.2, 0.25) is 0 Å². The zero-order chi connectivity index (χ0) is 12.3. The van der Waals surface area contributed by atoms with Crippen molar-refractivity contribution in [1.82, 2.24) is 0 Å². The van der Waals surface area contributed by atoms with Crippen LogP contribution in [-0.2, 0) is 12.8 Å². The number of thiophene rings is 1. The van der Waals surface area contributed by atoms with Gasteiger partial charge >= 0.3 is 0 Å². The highest BCUT2D eigenvalue weighted by molar-refractivity contribution is 7.16. The molecule has 0 unspecified atom stereocenters. The van der Waals surface area contributed by atoms with Gasteiger partial charge in [-0.2, -0.15) is 0 Å². The van der Waals surface area contributed by atoms with Crippen LogP contribution in [0.4, 0.5) is 5.00 Å². The van der Waals surface area contributed by atoms with Crippen LogP contribution in [0, 0.1) is 0 Å². The molecule has 0 saturated carbocycles. The molecule has 2 aromatic rings. The predicted octanol–water partition coefficient (Wildman–Crippen LogP) is 4.51. The number of rotatable bonds is 4. The van der Waals surface area contributed by atoms with Crippen molar-refractivity contribution in [2.24, 2.45) is 0 Å². The summed E-state index contributed by atoms with van der Waals surface area (Å²) in [6.07, 6.45) is 3.41. The van der Waals surface area contributed by atoms with Gasteiger partial charge in [-0.05, 0) is 30.0 Å². The van der Waals surface area contributed by atoms with Crippen molar-refractivity contribution in [2.45, 2.75) is 33.1 Å². The standard InChI is InChI=1S/C15H19NS/c1-3-5-11-6-8-12(9-7-11)14-10-13(4-2)17-15(14)16/h6-10H,3-5,16H2,1-2H3. The second kappa shape index (κ2) is 5.37. The Labute approximate surface area is 107 Å². The Bertz CT molecular complexity index is 482. The lowest BCUT2D eigenvalue weighted by atomic mass is 10.0. The maximum Gasteiger partial charge on any atom is 0.0938 e. The molecule has 0 amide bonds. The summed E-state index contributed by atoms with van der Waals surface area (Å²) in [4.78, 5) is 1.36. The summed E-state index contributed by atoms with van der Waals surface area (Å²) in [5.41, 5.74) is 9.89. The van der Waals surface area contributed by atoms with E-state index < -0.39 is 0 Å². The summed E-state index contributed by atoms with van der Waals surface area (Å²) in [6.45, 7) is 4.37. The summed E-state index contributed by atoms with van der Waals surface area (Å²) >= 11 is 1.70. The fourth-order valence-corrected chi connectivity index (χ4v) is 2.89. The molecule has 0 aliphatic rings. The van der Waals surface area contributed by atoms with E-state index in [-0.39, 0.29) is 0 Å². The largest absolute Gasteiger partial charge is 0.390 e. The van der Waals surface area contributed by atoms with Crippen LogP contribution < -0.4 is 5.73 Å². The molecular weight excluding hydrogens is 226 g/mol. The molecule has 0 atom stereocenters. The van der Waals surface area contributed by atoms with Crippen molar-refractivity contribution >= 4 is 16.3 Å². The molecule has 1 aromatic heterocycles. The van der Waals surface area contributed by atoms with E-state index in [2.05, 4.69) is 44.2 Å². The van der Waals surface area contributed by atoms with E-state index >= 15 is 0 Å². The topological polar surface area (TPSA) is 26.0 Å². The van der Waals surface area contributed by atoms with Gasteiger partial charge in [-0.3, -0.25) is 0 Å².